The van der Waals surface area contributed by atoms with Crippen LogP contribution in [0.15, 0.2) is 53.6 Å². The molecule has 6 heteroatoms. The highest BCUT2D eigenvalue weighted by atomic mass is 16.5. The van der Waals surface area contributed by atoms with Crippen LogP contribution in [0.5, 0.6) is 5.75 Å². The molecule has 1 heterocycles. The number of methoxy groups -OCH3 is 1. The number of amides is 1. The van der Waals surface area contributed by atoms with Gasteiger partial charge in [0.1, 0.15) is 5.75 Å². The molecule has 1 atom stereocenters. The van der Waals surface area contributed by atoms with Crippen molar-refractivity contribution in [3.05, 3.63) is 65.2 Å². The van der Waals surface area contributed by atoms with E-state index in [0.29, 0.717) is 17.0 Å². The van der Waals surface area contributed by atoms with E-state index in [2.05, 4.69) is 11.2 Å². The van der Waals surface area contributed by atoms with Gasteiger partial charge in [-0.1, -0.05) is 0 Å². The van der Waals surface area contributed by atoms with Gasteiger partial charge in [0.2, 0.25) is 18.0 Å². The molecule has 3 rings (SSSR count). The Morgan fingerprint density at radius 3 is 2.42 bits per heavy atom. The standard InChI is InChI=1S/C18H15N3O3/c1-12(22)21-18(15-7-9-16(23-2)10-8-15)24-17(20-21)14-5-3-13(11-19)4-6-14/h3-10,18H,1-2H3. The average Bonchev–Trinajstić information content (AvgIpc) is 3.07. The van der Waals surface area contributed by atoms with E-state index in [9.17, 15) is 4.79 Å². The predicted molar refractivity (Wildman–Crippen MR) is 87.0 cm³/mol. The van der Waals surface area contributed by atoms with Crippen molar-refractivity contribution < 1.29 is 14.3 Å². The molecule has 0 saturated carbocycles. The Bertz CT molecular complexity index is 820. The zero-order valence-corrected chi connectivity index (χ0v) is 13.3. The summed E-state index contributed by atoms with van der Waals surface area (Å²) in [6.07, 6.45) is -0.626. The van der Waals surface area contributed by atoms with Gasteiger partial charge in [-0.3, -0.25) is 4.79 Å². The van der Waals surface area contributed by atoms with Crippen LogP contribution in [0.25, 0.3) is 0 Å². The molecule has 1 aliphatic rings. The number of nitrogens with zero attached hydrogens (tertiary/aromatic N) is 3. The fourth-order valence-electron chi connectivity index (χ4n) is 2.36. The van der Waals surface area contributed by atoms with Gasteiger partial charge >= 0.3 is 0 Å². The number of nitriles is 1. The number of carbonyl (C=O) groups is 1. The molecule has 0 aliphatic carbocycles. The molecule has 0 bridgehead atoms. The Morgan fingerprint density at radius 1 is 1.21 bits per heavy atom. The van der Waals surface area contributed by atoms with Gasteiger partial charge in [-0.15, -0.1) is 5.10 Å². The summed E-state index contributed by atoms with van der Waals surface area (Å²) in [4.78, 5) is 11.9. The van der Waals surface area contributed by atoms with Crippen LogP contribution in [-0.2, 0) is 9.53 Å². The molecule has 120 valence electrons. The number of hydrogen-bond acceptors (Lipinski definition) is 5. The second-order valence-electron chi connectivity index (χ2n) is 5.20. The maximum Gasteiger partial charge on any atom is 0.243 e. The van der Waals surface area contributed by atoms with Crippen molar-refractivity contribution in [3.8, 4) is 11.8 Å². The molecule has 0 N–H and O–H groups in total. The largest absolute Gasteiger partial charge is 0.497 e. The Hall–Kier alpha value is -3.33. The number of benzene rings is 2. The van der Waals surface area contributed by atoms with Gasteiger partial charge in [0.15, 0.2) is 0 Å². The molecule has 1 amide bonds. The molecule has 1 unspecified atom stereocenters. The first kappa shape index (κ1) is 15.6. The van der Waals surface area contributed by atoms with E-state index in [1.54, 1.807) is 43.5 Å². The summed E-state index contributed by atoms with van der Waals surface area (Å²) >= 11 is 0. The van der Waals surface area contributed by atoms with Gasteiger partial charge in [-0.05, 0) is 48.5 Å². The molecule has 0 saturated heterocycles. The smallest absolute Gasteiger partial charge is 0.243 e. The van der Waals surface area contributed by atoms with Gasteiger partial charge in [-0.25, -0.2) is 0 Å². The average molecular weight is 321 g/mol. The van der Waals surface area contributed by atoms with Gasteiger partial charge in [0, 0.05) is 18.1 Å². The summed E-state index contributed by atoms with van der Waals surface area (Å²) in [7, 11) is 1.59. The van der Waals surface area contributed by atoms with Crippen molar-refractivity contribution in [2.24, 2.45) is 5.10 Å². The van der Waals surface area contributed by atoms with E-state index in [1.807, 2.05) is 12.1 Å². The zero-order chi connectivity index (χ0) is 17.1. The molecule has 1 aliphatic heterocycles. The first-order valence-electron chi connectivity index (χ1n) is 7.32. The Kier molecular flexibility index (Phi) is 4.17. The van der Waals surface area contributed by atoms with Crippen LogP contribution in [0.3, 0.4) is 0 Å². The van der Waals surface area contributed by atoms with Crippen molar-refractivity contribution >= 4 is 11.8 Å². The predicted octanol–water partition coefficient (Wildman–Crippen LogP) is 2.81. The van der Waals surface area contributed by atoms with E-state index in [4.69, 9.17) is 14.7 Å². The maximum absolute atomic E-state index is 11.9. The minimum atomic E-state index is -0.626. The topological polar surface area (TPSA) is 74.9 Å². The van der Waals surface area contributed by atoms with Crippen molar-refractivity contribution in [1.29, 1.82) is 5.26 Å². The summed E-state index contributed by atoms with van der Waals surface area (Å²) in [5, 5.41) is 14.4. The second-order valence-corrected chi connectivity index (χ2v) is 5.20. The van der Waals surface area contributed by atoms with Crippen LogP contribution < -0.4 is 4.74 Å². The fourth-order valence-corrected chi connectivity index (χ4v) is 2.36. The third kappa shape index (κ3) is 2.92. The Labute approximate surface area is 139 Å². The van der Waals surface area contributed by atoms with Crippen molar-refractivity contribution in [1.82, 2.24) is 5.01 Å². The highest BCUT2D eigenvalue weighted by molar-refractivity contribution is 5.96. The van der Waals surface area contributed by atoms with E-state index in [1.165, 1.54) is 11.9 Å². The maximum atomic E-state index is 11.9. The van der Waals surface area contributed by atoms with Crippen molar-refractivity contribution in [3.63, 3.8) is 0 Å². The number of rotatable bonds is 3. The molecule has 6 nitrogen and oxygen atoms in total. The summed E-state index contributed by atoms with van der Waals surface area (Å²) < 4.78 is 11.0. The number of ether oxygens (including phenoxy) is 2. The molecular weight excluding hydrogens is 306 g/mol. The lowest BCUT2D eigenvalue weighted by atomic mass is 10.1. The number of carbonyl (C=O) groups excluding carboxylic acids is 1. The fraction of sp³-hybridized carbons (Fsp3) is 0.167. The minimum Gasteiger partial charge on any atom is -0.497 e. The number of hydrazone groups is 1. The first-order chi connectivity index (χ1) is 11.6. The lowest BCUT2D eigenvalue weighted by Crippen LogP contribution is -2.25. The summed E-state index contributed by atoms with van der Waals surface area (Å²) in [6, 6.07) is 16.2. The second kappa shape index (κ2) is 6.42. The molecule has 0 fully saturated rings. The minimum absolute atomic E-state index is 0.223. The van der Waals surface area contributed by atoms with Gasteiger partial charge in [0.05, 0.1) is 18.7 Å². The third-order valence-corrected chi connectivity index (χ3v) is 3.63. The van der Waals surface area contributed by atoms with Crippen molar-refractivity contribution in [2.75, 3.05) is 7.11 Å². The monoisotopic (exact) mass is 321 g/mol. The molecule has 0 aromatic heterocycles. The Morgan fingerprint density at radius 2 is 1.88 bits per heavy atom. The van der Waals surface area contributed by atoms with Crippen LogP contribution in [0, 0.1) is 11.3 Å². The van der Waals surface area contributed by atoms with E-state index < -0.39 is 6.23 Å². The van der Waals surface area contributed by atoms with Gasteiger partial charge in [-0.2, -0.15) is 10.3 Å². The van der Waals surface area contributed by atoms with Crippen LogP contribution >= 0.6 is 0 Å². The van der Waals surface area contributed by atoms with Crippen LogP contribution in [0.1, 0.15) is 29.8 Å². The van der Waals surface area contributed by atoms with Crippen LogP contribution in [0.2, 0.25) is 0 Å². The third-order valence-electron chi connectivity index (χ3n) is 3.63. The highest BCUT2D eigenvalue weighted by Gasteiger charge is 2.33. The van der Waals surface area contributed by atoms with Crippen LogP contribution in [0.4, 0.5) is 0 Å². The normalized spacial score (nSPS) is 16.1. The quantitative estimate of drug-likeness (QED) is 0.871. The zero-order valence-electron chi connectivity index (χ0n) is 13.3. The van der Waals surface area contributed by atoms with Gasteiger partial charge in [0.25, 0.3) is 0 Å². The summed E-state index contributed by atoms with van der Waals surface area (Å²) in [6.45, 7) is 1.44. The summed E-state index contributed by atoms with van der Waals surface area (Å²) in [5.74, 6) is 0.842. The van der Waals surface area contributed by atoms with Crippen LogP contribution in [-0.4, -0.2) is 23.9 Å². The molecule has 0 spiro atoms. The SMILES string of the molecule is COc1ccc(C2OC(c3ccc(C#N)cc3)=NN2C(C)=O)cc1. The molecular formula is C18H15N3O3. The van der Waals surface area contributed by atoms with Gasteiger partial charge < -0.3 is 9.47 Å². The first-order valence-corrected chi connectivity index (χ1v) is 7.32. The molecule has 2 aromatic rings. The van der Waals surface area contributed by atoms with E-state index in [0.717, 1.165) is 11.3 Å². The molecule has 2 aromatic carbocycles. The van der Waals surface area contributed by atoms with Crippen molar-refractivity contribution in [2.45, 2.75) is 13.2 Å². The van der Waals surface area contributed by atoms with E-state index >= 15 is 0 Å². The molecule has 0 radical (unpaired) electrons. The summed E-state index contributed by atoms with van der Waals surface area (Å²) in [5.41, 5.74) is 2.04. The highest BCUT2D eigenvalue weighted by Crippen LogP contribution is 2.31. The van der Waals surface area contributed by atoms with E-state index in [-0.39, 0.29) is 5.91 Å². The Balaban J connectivity index is 1.89. The lowest BCUT2D eigenvalue weighted by Gasteiger charge is -2.19. The molecule has 24 heavy (non-hydrogen) atoms. The number of hydrogen-bond donors (Lipinski definition) is 0. The lowest BCUT2D eigenvalue weighted by molar-refractivity contribution is -0.135.